The maximum absolute atomic E-state index is 5.91. The van der Waals surface area contributed by atoms with E-state index in [4.69, 9.17) is 10.5 Å². The van der Waals surface area contributed by atoms with Crippen LogP contribution in [0.5, 0.6) is 5.75 Å². The molecule has 0 saturated heterocycles. The Morgan fingerprint density at radius 3 is 2.80 bits per heavy atom. The van der Waals surface area contributed by atoms with Crippen molar-refractivity contribution in [2.45, 2.75) is 32.7 Å². The van der Waals surface area contributed by atoms with E-state index in [-0.39, 0.29) is 6.04 Å². The molecule has 0 amide bonds. The summed E-state index contributed by atoms with van der Waals surface area (Å²) in [5.74, 6) is 1.75. The van der Waals surface area contributed by atoms with Gasteiger partial charge < -0.3 is 10.5 Å². The summed E-state index contributed by atoms with van der Waals surface area (Å²) in [4.78, 5) is 0. The topological polar surface area (TPSA) is 35.2 Å². The van der Waals surface area contributed by atoms with Crippen molar-refractivity contribution in [3.63, 3.8) is 0 Å². The molecule has 1 unspecified atom stereocenters. The molecule has 1 aromatic carbocycles. The van der Waals surface area contributed by atoms with Gasteiger partial charge in [-0.15, -0.1) is 0 Å². The summed E-state index contributed by atoms with van der Waals surface area (Å²) in [6.07, 6.45) is 2.64. The standard InChI is InChI=1S/C13H19NO/c1-9-3-6-12(10(2)14)13(7-9)15-8-11-4-5-11/h3,6-7,10-11H,4-5,8,14H2,1-2H3. The number of rotatable bonds is 4. The summed E-state index contributed by atoms with van der Waals surface area (Å²) in [6, 6.07) is 6.28. The van der Waals surface area contributed by atoms with Gasteiger partial charge in [-0.3, -0.25) is 0 Å². The third-order valence-corrected chi connectivity index (χ3v) is 2.83. The minimum Gasteiger partial charge on any atom is -0.493 e. The molecule has 0 heterocycles. The van der Waals surface area contributed by atoms with Crippen molar-refractivity contribution in [3.05, 3.63) is 29.3 Å². The van der Waals surface area contributed by atoms with Crippen LogP contribution in [-0.4, -0.2) is 6.61 Å². The zero-order valence-corrected chi connectivity index (χ0v) is 9.49. The fourth-order valence-corrected chi connectivity index (χ4v) is 1.63. The van der Waals surface area contributed by atoms with E-state index in [1.807, 2.05) is 6.92 Å². The molecule has 1 aliphatic rings. The highest BCUT2D eigenvalue weighted by molar-refractivity contribution is 5.38. The second kappa shape index (κ2) is 4.23. The molecule has 1 saturated carbocycles. The molecule has 15 heavy (non-hydrogen) atoms. The van der Waals surface area contributed by atoms with Crippen LogP contribution in [0, 0.1) is 12.8 Å². The minimum atomic E-state index is 0.0415. The Morgan fingerprint density at radius 2 is 2.20 bits per heavy atom. The third kappa shape index (κ3) is 2.72. The summed E-state index contributed by atoms with van der Waals surface area (Å²) in [5, 5.41) is 0. The first-order valence-electron chi connectivity index (χ1n) is 5.65. The molecular formula is C13H19NO. The van der Waals surface area contributed by atoms with E-state index in [1.54, 1.807) is 0 Å². The van der Waals surface area contributed by atoms with Crippen LogP contribution >= 0.6 is 0 Å². The molecule has 0 aromatic heterocycles. The van der Waals surface area contributed by atoms with Gasteiger partial charge in [-0.25, -0.2) is 0 Å². The SMILES string of the molecule is Cc1ccc(C(C)N)c(OCC2CC2)c1. The number of hydrogen-bond donors (Lipinski definition) is 1. The lowest BCUT2D eigenvalue weighted by Crippen LogP contribution is -2.09. The number of benzene rings is 1. The molecule has 0 radical (unpaired) electrons. The molecule has 0 bridgehead atoms. The molecular weight excluding hydrogens is 186 g/mol. The summed E-state index contributed by atoms with van der Waals surface area (Å²) >= 11 is 0. The highest BCUT2D eigenvalue weighted by Gasteiger charge is 2.22. The lowest BCUT2D eigenvalue weighted by atomic mass is 10.1. The van der Waals surface area contributed by atoms with E-state index in [0.29, 0.717) is 0 Å². The van der Waals surface area contributed by atoms with Crippen LogP contribution in [0.2, 0.25) is 0 Å². The Kier molecular flexibility index (Phi) is 2.96. The monoisotopic (exact) mass is 205 g/mol. The van der Waals surface area contributed by atoms with Crippen molar-refractivity contribution in [1.82, 2.24) is 0 Å². The number of hydrogen-bond acceptors (Lipinski definition) is 2. The third-order valence-electron chi connectivity index (χ3n) is 2.83. The van der Waals surface area contributed by atoms with Crippen LogP contribution < -0.4 is 10.5 Å². The Hall–Kier alpha value is -1.02. The van der Waals surface area contributed by atoms with Crippen LogP contribution in [0.3, 0.4) is 0 Å². The van der Waals surface area contributed by atoms with E-state index in [0.717, 1.165) is 23.8 Å². The van der Waals surface area contributed by atoms with E-state index in [1.165, 1.54) is 18.4 Å². The van der Waals surface area contributed by atoms with E-state index in [2.05, 4.69) is 25.1 Å². The molecule has 1 atom stereocenters. The van der Waals surface area contributed by atoms with Gasteiger partial charge in [0.2, 0.25) is 0 Å². The normalized spacial score (nSPS) is 17.5. The van der Waals surface area contributed by atoms with Gasteiger partial charge in [-0.2, -0.15) is 0 Å². The zero-order valence-electron chi connectivity index (χ0n) is 9.49. The quantitative estimate of drug-likeness (QED) is 0.820. The maximum atomic E-state index is 5.91. The van der Waals surface area contributed by atoms with Crippen LogP contribution in [0.4, 0.5) is 0 Å². The molecule has 0 aliphatic heterocycles. The second-order valence-electron chi connectivity index (χ2n) is 4.58. The Morgan fingerprint density at radius 1 is 1.47 bits per heavy atom. The van der Waals surface area contributed by atoms with Crippen LogP contribution in [0.1, 0.15) is 36.9 Å². The summed E-state index contributed by atoms with van der Waals surface area (Å²) in [6.45, 7) is 4.92. The number of nitrogens with two attached hydrogens (primary N) is 1. The van der Waals surface area contributed by atoms with E-state index in [9.17, 15) is 0 Å². The highest BCUT2D eigenvalue weighted by Crippen LogP contribution is 2.31. The first-order valence-corrected chi connectivity index (χ1v) is 5.65. The molecule has 2 nitrogen and oxygen atoms in total. The zero-order chi connectivity index (χ0) is 10.8. The summed E-state index contributed by atoms with van der Waals surface area (Å²) in [5.41, 5.74) is 8.25. The molecule has 2 rings (SSSR count). The summed E-state index contributed by atoms with van der Waals surface area (Å²) < 4.78 is 5.82. The second-order valence-corrected chi connectivity index (χ2v) is 4.58. The predicted molar refractivity (Wildman–Crippen MR) is 62.0 cm³/mol. The molecule has 2 heteroatoms. The van der Waals surface area contributed by atoms with Gasteiger partial charge in [0.15, 0.2) is 0 Å². The fraction of sp³-hybridized carbons (Fsp3) is 0.538. The first-order chi connectivity index (χ1) is 7.16. The van der Waals surface area contributed by atoms with Gasteiger partial charge in [-0.1, -0.05) is 12.1 Å². The lowest BCUT2D eigenvalue weighted by Gasteiger charge is -2.14. The van der Waals surface area contributed by atoms with Crippen molar-refractivity contribution in [1.29, 1.82) is 0 Å². The van der Waals surface area contributed by atoms with Crippen molar-refractivity contribution < 1.29 is 4.74 Å². The average Bonchev–Trinajstić information content (AvgIpc) is 2.97. The fourth-order valence-electron chi connectivity index (χ4n) is 1.63. The first kappa shape index (κ1) is 10.5. The Bertz CT molecular complexity index is 342. The Balaban J connectivity index is 2.13. The van der Waals surface area contributed by atoms with E-state index < -0.39 is 0 Å². The van der Waals surface area contributed by atoms with Gasteiger partial charge in [0, 0.05) is 11.6 Å². The maximum Gasteiger partial charge on any atom is 0.124 e. The number of aryl methyl sites for hydroxylation is 1. The van der Waals surface area contributed by atoms with Crippen molar-refractivity contribution >= 4 is 0 Å². The smallest absolute Gasteiger partial charge is 0.124 e. The largest absolute Gasteiger partial charge is 0.493 e. The lowest BCUT2D eigenvalue weighted by molar-refractivity contribution is 0.295. The Labute approximate surface area is 91.4 Å². The molecule has 1 aliphatic carbocycles. The van der Waals surface area contributed by atoms with Crippen molar-refractivity contribution in [2.75, 3.05) is 6.61 Å². The van der Waals surface area contributed by atoms with Gasteiger partial charge >= 0.3 is 0 Å². The molecule has 82 valence electrons. The molecule has 1 fully saturated rings. The van der Waals surface area contributed by atoms with Gasteiger partial charge in [-0.05, 0) is 44.2 Å². The number of ether oxygens (including phenoxy) is 1. The average molecular weight is 205 g/mol. The molecule has 0 spiro atoms. The van der Waals surface area contributed by atoms with Crippen molar-refractivity contribution in [2.24, 2.45) is 11.7 Å². The summed E-state index contributed by atoms with van der Waals surface area (Å²) in [7, 11) is 0. The minimum absolute atomic E-state index is 0.0415. The van der Waals surface area contributed by atoms with Gasteiger partial charge in [0.25, 0.3) is 0 Å². The van der Waals surface area contributed by atoms with Gasteiger partial charge in [0.1, 0.15) is 5.75 Å². The van der Waals surface area contributed by atoms with Crippen LogP contribution in [0.25, 0.3) is 0 Å². The highest BCUT2D eigenvalue weighted by atomic mass is 16.5. The van der Waals surface area contributed by atoms with Crippen molar-refractivity contribution in [3.8, 4) is 5.75 Å². The molecule has 1 aromatic rings. The van der Waals surface area contributed by atoms with Crippen LogP contribution in [0.15, 0.2) is 18.2 Å². The predicted octanol–water partition coefficient (Wildman–Crippen LogP) is 2.80. The van der Waals surface area contributed by atoms with Crippen LogP contribution in [-0.2, 0) is 0 Å². The van der Waals surface area contributed by atoms with E-state index >= 15 is 0 Å². The molecule has 2 N–H and O–H groups in total. The van der Waals surface area contributed by atoms with Gasteiger partial charge in [0.05, 0.1) is 6.61 Å².